The van der Waals surface area contributed by atoms with E-state index in [9.17, 15) is 4.79 Å². The van der Waals surface area contributed by atoms with E-state index >= 15 is 0 Å². The summed E-state index contributed by atoms with van der Waals surface area (Å²) < 4.78 is 5.44. The van der Waals surface area contributed by atoms with Crippen LogP contribution in [0.5, 0.6) is 0 Å². The molecule has 28 heavy (non-hydrogen) atoms. The number of carbonyl (C=O) groups is 1. The summed E-state index contributed by atoms with van der Waals surface area (Å²) in [5.41, 5.74) is 4.88. The van der Waals surface area contributed by atoms with Crippen molar-refractivity contribution in [1.82, 2.24) is 20.2 Å². The molecule has 2 N–H and O–H groups in total. The molecule has 0 bridgehead atoms. The van der Waals surface area contributed by atoms with Gasteiger partial charge in [0.2, 0.25) is 5.89 Å². The number of aromatic nitrogens is 4. The van der Waals surface area contributed by atoms with Crippen LogP contribution >= 0.6 is 0 Å². The largest absolute Gasteiger partial charge is 0.443 e. The van der Waals surface area contributed by atoms with Gasteiger partial charge in [0.1, 0.15) is 18.0 Å². The Hall–Kier alpha value is -3.99. The van der Waals surface area contributed by atoms with Crippen LogP contribution in [0, 0.1) is 32.1 Å². The molecule has 8 heteroatoms. The number of aromatic amines is 1. The lowest BCUT2D eigenvalue weighted by atomic mass is 10.0. The summed E-state index contributed by atoms with van der Waals surface area (Å²) in [6.07, 6.45) is 2.97. The Morgan fingerprint density at radius 1 is 1.25 bits per heavy atom. The zero-order valence-electron chi connectivity index (χ0n) is 15.5. The molecule has 3 heterocycles. The summed E-state index contributed by atoms with van der Waals surface area (Å²) in [5.74, 6) is 0.0638. The van der Waals surface area contributed by atoms with Crippen molar-refractivity contribution in [2.24, 2.45) is 0 Å². The van der Waals surface area contributed by atoms with Gasteiger partial charge in [0.15, 0.2) is 5.69 Å². The van der Waals surface area contributed by atoms with Gasteiger partial charge in [-0.1, -0.05) is 0 Å². The average molecular weight is 372 g/mol. The minimum atomic E-state index is -0.346. The molecule has 138 valence electrons. The molecule has 0 saturated heterocycles. The van der Waals surface area contributed by atoms with Crippen LogP contribution in [0.25, 0.3) is 22.5 Å². The molecule has 0 radical (unpaired) electrons. The first-order chi connectivity index (χ1) is 13.5. The van der Waals surface area contributed by atoms with Crippen LogP contribution < -0.4 is 5.32 Å². The SMILES string of the molecule is Cc1coc(-c2n[nH]c3ccc(NC(=O)c4ncc(C#N)c(C)c4C)cc23)n1. The Labute approximate surface area is 160 Å². The quantitative estimate of drug-likeness (QED) is 0.566. The molecule has 0 atom stereocenters. The molecule has 4 rings (SSSR count). The number of nitrogens with one attached hydrogen (secondary N) is 2. The number of pyridine rings is 1. The number of amides is 1. The molecular formula is C20H16N6O2. The Morgan fingerprint density at radius 2 is 2.07 bits per heavy atom. The number of carbonyl (C=O) groups excluding carboxylic acids is 1. The molecule has 0 unspecified atom stereocenters. The standard InChI is InChI=1S/C20H16N6O2/c1-10-9-28-20(23-10)18-15-6-14(4-5-16(15)25-26-18)24-19(27)17-12(3)11(2)13(7-21)8-22-17/h4-6,8-9H,1-3H3,(H,24,27)(H,25,26). The van der Waals surface area contributed by atoms with Crippen LogP contribution in [0.4, 0.5) is 5.69 Å². The van der Waals surface area contributed by atoms with Gasteiger partial charge in [-0.05, 0) is 50.1 Å². The Balaban J connectivity index is 1.68. The molecule has 1 amide bonds. The van der Waals surface area contributed by atoms with E-state index in [4.69, 9.17) is 9.68 Å². The van der Waals surface area contributed by atoms with Crippen molar-refractivity contribution in [3.63, 3.8) is 0 Å². The van der Waals surface area contributed by atoms with E-state index in [-0.39, 0.29) is 11.6 Å². The summed E-state index contributed by atoms with van der Waals surface area (Å²) in [6.45, 7) is 5.41. The fourth-order valence-electron chi connectivity index (χ4n) is 2.95. The van der Waals surface area contributed by atoms with E-state index in [0.717, 1.165) is 22.2 Å². The van der Waals surface area contributed by atoms with Gasteiger partial charge in [-0.25, -0.2) is 9.97 Å². The lowest BCUT2D eigenvalue weighted by Gasteiger charge is -2.10. The van der Waals surface area contributed by atoms with Crippen LogP contribution in [0.15, 0.2) is 35.1 Å². The van der Waals surface area contributed by atoms with E-state index in [0.29, 0.717) is 28.4 Å². The fraction of sp³-hybridized carbons (Fsp3) is 0.150. The number of benzene rings is 1. The number of fused-ring (bicyclic) bond motifs is 1. The third-order valence-electron chi connectivity index (χ3n) is 4.62. The molecule has 4 aromatic rings. The lowest BCUT2D eigenvalue weighted by Crippen LogP contribution is -2.16. The predicted molar refractivity (Wildman–Crippen MR) is 103 cm³/mol. The highest BCUT2D eigenvalue weighted by molar-refractivity contribution is 6.05. The molecule has 0 aliphatic heterocycles. The van der Waals surface area contributed by atoms with Crippen molar-refractivity contribution in [1.29, 1.82) is 5.26 Å². The molecule has 0 spiro atoms. The van der Waals surface area contributed by atoms with Gasteiger partial charge in [-0.2, -0.15) is 10.4 Å². The van der Waals surface area contributed by atoms with Crippen LogP contribution in [-0.4, -0.2) is 26.1 Å². The van der Waals surface area contributed by atoms with Crippen molar-refractivity contribution in [3.8, 4) is 17.7 Å². The van der Waals surface area contributed by atoms with Crippen molar-refractivity contribution in [2.45, 2.75) is 20.8 Å². The summed E-state index contributed by atoms with van der Waals surface area (Å²) in [5, 5.41) is 19.9. The summed E-state index contributed by atoms with van der Waals surface area (Å²) in [7, 11) is 0. The van der Waals surface area contributed by atoms with Crippen molar-refractivity contribution >= 4 is 22.5 Å². The monoisotopic (exact) mass is 372 g/mol. The Morgan fingerprint density at radius 3 is 2.79 bits per heavy atom. The zero-order chi connectivity index (χ0) is 19.8. The minimum Gasteiger partial charge on any atom is -0.443 e. The summed E-state index contributed by atoms with van der Waals surface area (Å²) >= 11 is 0. The van der Waals surface area contributed by atoms with E-state index < -0.39 is 0 Å². The van der Waals surface area contributed by atoms with E-state index in [1.807, 2.05) is 13.0 Å². The lowest BCUT2D eigenvalue weighted by molar-refractivity contribution is 0.102. The predicted octanol–water partition coefficient (Wildman–Crippen LogP) is 3.66. The summed E-state index contributed by atoms with van der Waals surface area (Å²) in [4.78, 5) is 21.2. The second-order valence-electron chi connectivity index (χ2n) is 6.46. The number of rotatable bonds is 3. The van der Waals surface area contributed by atoms with Crippen LogP contribution in [0.1, 0.15) is 32.9 Å². The number of anilines is 1. The zero-order valence-corrected chi connectivity index (χ0v) is 15.5. The smallest absolute Gasteiger partial charge is 0.274 e. The third kappa shape index (κ3) is 2.89. The van der Waals surface area contributed by atoms with Gasteiger partial charge in [-0.15, -0.1) is 0 Å². The first kappa shape index (κ1) is 17.4. The first-order valence-corrected chi connectivity index (χ1v) is 8.56. The van der Waals surface area contributed by atoms with Crippen molar-refractivity contribution in [3.05, 3.63) is 58.7 Å². The van der Waals surface area contributed by atoms with Gasteiger partial charge in [0, 0.05) is 17.3 Å². The molecule has 3 aromatic heterocycles. The molecule has 0 aliphatic rings. The van der Waals surface area contributed by atoms with Gasteiger partial charge in [-0.3, -0.25) is 9.89 Å². The van der Waals surface area contributed by atoms with Gasteiger partial charge >= 0.3 is 0 Å². The average Bonchev–Trinajstić information content (AvgIpc) is 3.29. The van der Waals surface area contributed by atoms with E-state index in [1.54, 1.807) is 32.2 Å². The van der Waals surface area contributed by atoms with Gasteiger partial charge in [0.25, 0.3) is 5.91 Å². The molecule has 0 fully saturated rings. The maximum absolute atomic E-state index is 12.7. The number of hydrogen-bond acceptors (Lipinski definition) is 6. The van der Waals surface area contributed by atoms with Crippen LogP contribution in [0.2, 0.25) is 0 Å². The maximum atomic E-state index is 12.7. The van der Waals surface area contributed by atoms with E-state index in [2.05, 4.69) is 31.6 Å². The molecule has 1 aromatic carbocycles. The van der Waals surface area contributed by atoms with Crippen molar-refractivity contribution < 1.29 is 9.21 Å². The van der Waals surface area contributed by atoms with Crippen molar-refractivity contribution in [2.75, 3.05) is 5.32 Å². The highest BCUT2D eigenvalue weighted by Crippen LogP contribution is 2.28. The molecular weight excluding hydrogens is 356 g/mol. The normalized spacial score (nSPS) is 10.8. The topological polar surface area (TPSA) is 120 Å². The Bertz CT molecular complexity index is 1260. The molecule has 0 aliphatic carbocycles. The Kier molecular flexibility index (Phi) is 4.12. The third-order valence-corrected chi connectivity index (χ3v) is 4.62. The second kappa shape index (κ2) is 6.63. The van der Waals surface area contributed by atoms with E-state index in [1.165, 1.54) is 6.20 Å². The van der Waals surface area contributed by atoms with Crippen LogP contribution in [-0.2, 0) is 0 Å². The second-order valence-corrected chi connectivity index (χ2v) is 6.46. The number of nitrogens with zero attached hydrogens (tertiary/aromatic N) is 4. The highest BCUT2D eigenvalue weighted by atomic mass is 16.3. The molecule has 0 saturated carbocycles. The number of nitriles is 1. The van der Waals surface area contributed by atoms with Gasteiger partial charge < -0.3 is 9.73 Å². The van der Waals surface area contributed by atoms with Gasteiger partial charge in [0.05, 0.1) is 16.8 Å². The highest BCUT2D eigenvalue weighted by Gasteiger charge is 2.17. The maximum Gasteiger partial charge on any atom is 0.274 e. The molecule has 8 nitrogen and oxygen atoms in total. The number of hydrogen-bond donors (Lipinski definition) is 2. The number of oxazole rings is 1. The van der Waals surface area contributed by atoms with Crippen LogP contribution in [0.3, 0.4) is 0 Å². The minimum absolute atomic E-state index is 0.285. The summed E-state index contributed by atoms with van der Waals surface area (Å²) in [6, 6.07) is 7.47. The first-order valence-electron chi connectivity index (χ1n) is 8.56. The fourth-order valence-corrected chi connectivity index (χ4v) is 2.95. The number of aryl methyl sites for hydroxylation is 1. The number of H-pyrrole nitrogens is 1.